The lowest BCUT2D eigenvalue weighted by Crippen LogP contribution is -2.27. The molecule has 50 heavy (non-hydrogen) atoms. The van der Waals surface area contributed by atoms with Crippen LogP contribution in [0.5, 0.6) is 0 Å². The molecule has 1 aliphatic rings. The van der Waals surface area contributed by atoms with Crippen LogP contribution in [0, 0.1) is 5.92 Å². The number of amides is 1. The summed E-state index contributed by atoms with van der Waals surface area (Å²) in [5, 5.41) is 14.7. The highest BCUT2D eigenvalue weighted by Crippen LogP contribution is 2.34. The van der Waals surface area contributed by atoms with Gasteiger partial charge in [-0.05, 0) is 55.3 Å². The second-order valence-corrected chi connectivity index (χ2v) is 12.2. The third kappa shape index (κ3) is 6.32. The van der Waals surface area contributed by atoms with E-state index in [2.05, 4.69) is 35.7 Å². The highest BCUT2D eigenvalue weighted by molar-refractivity contribution is 6.31. The fourth-order valence-electron chi connectivity index (χ4n) is 5.82. The van der Waals surface area contributed by atoms with Crippen LogP contribution in [0.4, 0.5) is 18.9 Å². The number of anilines is 1. The number of nitrogens with zero attached hydrogens (tertiary/aromatic N) is 8. The first kappa shape index (κ1) is 32.6. The molecule has 13 nitrogen and oxygen atoms in total. The van der Waals surface area contributed by atoms with Crippen molar-refractivity contribution in [3.8, 4) is 33.9 Å². The first-order valence-electron chi connectivity index (χ1n) is 15.4. The Kier molecular flexibility index (Phi) is 8.39. The lowest BCUT2D eigenvalue weighted by molar-refractivity contribution is -0.141. The molecule has 17 heteroatoms. The lowest BCUT2D eigenvalue weighted by Gasteiger charge is -2.22. The summed E-state index contributed by atoms with van der Waals surface area (Å²) in [4.78, 5) is 51.4. The van der Waals surface area contributed by atoms with Crippen LogP contribution in [0.3, 0.4) is 0 Å². The van der Waals surface area contributed by atoms with E-state index >= 15 is 0 Å². The van der Waals surface area contributed by atoms with E-state index < -0.39 is 29.4 Å². The van der Waals surface area contributed by atoms with Crippen LogP contribution < -0.4 is 16.4 Å². The quantitative estimate of drug-likeness (QED) is 0.246. The first-order valence-corrected chi connectivity index (χ1v) is 15.8. The molecular formula is C33H26ClF3N10O3. The lowest BCUT2D eigenvalue weighted by atomic mass is 9.97. The number of hydrogen-bond donors (Lipinski definition) is 2. The average molecular weight is 703 g/mol. The molecule has 0 saturated carbocycles. The molecule has 0 aliphatic carbocycles. The van der Waals surface area contributed by atoms with Gasteiger partial charge in [0, 0.05) is 40.5 Å². The van der Waals surface area contributed by atoms with E-state index in [4.69, 9.17) is 11.6 Å². The molecule has 1 aromatic carbocycles. The number of H-pyrrole nitrogens is 1. The van der Waals surface area contributed by atoms with Crippen molar-refractivity contribution in [1.29, 1.82) is 0 Å². The molecule has 2 atom stereocenters. The number of benzene rings is 1. The predicted molar refractivity (Wildman–Crippen MR) is 176 cm³/mol. The number of hydrogen-bond acceptors (Lipinski definition) is 8. The van der Waals surface area contributed by atoms with Crippen LogP contribution in [-0.4, -0.2) is 50.2 Å². The van der Waals surface area contributed by atoms with Gasteiger partial charge in [0.25, 0.3) is 11.1 Å². The maximum Gasteiger partial charge on any atom is 0.436 e. The van der Waals surface area contributed by atoms with Gasteiger partial charge in [-0.1, -0.05) is 30.2 Å². The molecule has 2 unspecified atom stereocenters. The smallest absolute Gasteiger partial charge is 0.327 e. The Balaban J connectivity index is 1.30. The summed E-state index contributed by atoms with van der Waals surface area (Å²) in [6.07, 6.45) is 3.53. The molecule has 0 fully saturated rings. The van der Waals surface area contributed by atoms with Crippen molar-refractivity contribution in [2.75, 3.05) is 5.32 Å². The van der Waals surface area contributed by atoms with Crippen LogP contribution in [0.1, 0.15) is 43.6 Å². The molecule has 0 spiro atoms. The molecule has 6 heterocycles. The van der Waals surface area contributed by atoms with Crippen molar-refractivity contribution >= 4 is 23.2 Å². The topological polar surface area (TPSA) is 158 Å². The summed E-state index contributed by atoms with van der Waals surface area (Å²) in [5.74, 6) is -0.625. The molecule has 2 bridgehead atoms. The number of alkyl halides is 3. The van der Waals surface area contributed by atoms with Crippen molar-refractivity contribution in [3.05, 3.63) is 117 Å². The Morgan fingerprint density at radius 3 is 2.56 bits per heavy atom. The SMILES string of the molecule is CC1CCCC(n2cnc(-c3cc(Cl)ccc3-n3cc(C(F)(F)F)nn3)cc2=O)c2cc(ccn2)-c2nn(-c3ccc[nH]c3=O)cc2NC1=O. The second kappa shape index (κ2) is 12.9. The molecule has 6 aromatic rings. The third-order valence-electron chi connectivity index (χ3n) is 8.41. The minimum Gasteiger partial charge on any atom is -0.327 e. The Labute approximate surface area is 285 Å². The van der Waals surface area contributed by atoms with Crippen LogP contribution in [0.25, 0.3) is 33.9 Å². The fraction of sp³-hybridized carbons (Fsp3) is 0.212. The maximum atomic E-state index is 13.8. The number of rotatable bonds is 4. The van der Waals surface area contributed by atoms with E-state index in [-0.39, 0.29) is 39.1 Å². The highest BCUT2D eigenvalue weighted by atomic mass is 35.5. The molecule has 1 amide bonds. The number of carbonyl (C=O) groups is 1. The molecule has 2 N–H and O–H groups in total. The van der Waals surface area contributed by atoms with E-state index in [9.17, 15) is 27.6 Å². The minimum atomic E-state index is -4.70. The molecule has 0 saturated heterocycles. The summed E-state index contributed by atoms with van der Waals surface area (Å²) in [7, 11) is 0. The van der Waals surface area contributed by atoms with E-state index in [1.54, 1.807) is 43.6 Å². The monoisotopic (exact) mass is 702 g/mol. The van der Waals surface area contributed by atoms with Gasteiger partial charge >= 0.3 is 6.18 Å². The Morgan fingerprint density at radius 1 is 0.960 bits per heavy atom. The number of fused-ring (bicyclic) bond motifs is 4. The van der Waals surface area contributed by atoms with Crippen molar-refractivity contribution in [3.63, 3.8) is 0 Å². The van der Waals surface area contributed by atoms with Gasteiger partial charge in [-0.15, -0.1) is 5.10 Å². The van der Waals surface area contributed by atoms with Crippen molar-refractivity contribution < 1.29 is 18.0 Å². The number of pyridine rings is 2. The van der Waals surface area contributed by atoms with Gasteiger partial charge in [-0.3, -0.25) is 23.9 Å². The fourth-order valence-corrected chi connectivity index (χ4v) is 6.00. The summed E-state index contributed by atoms with van der Waals surface area (Å²) in [6.45, 7) is 1.80. The van der Waals surface area contributed by atoms with E-state index in [1.807, 2.05) is 0 Å². The molecule has 5 aromatic heterocycles. The molecule has 1 aliphatic heterocycles. The summed E-state index contributed by atoms with van der Waals surface area (Å²) in [5.41, 5.74) is 0.753. The second-order valence-electron chi connectivity index (χ2n) is 11.8. The maximum absolute atomic E-state index is 13.8. The predicted octanol–water partition coefficient (Wildman–Crippen LogP) is 5.45. The summed E-state index contributed by atoms with van der Waals surface area (Å²) >= 11 is 6.25. The van der Waals surface area contributed by atoms with Crippen LogP contribution in [0.2, 0.25) is 5.02 Å². The van der Waals surface area contributed by atoms with Gasteiger partial charge in [-0.25, -0.2) is 14.3 Å². The van der Waals surface area contributed by atoms with Crippen LogP contribution >= 0.6 is 11.6 Å². The van der Waals surface area contributed by atoms with Crippen molar-refractivity contribution in [1.82, 2.24) is 44.3 Å². The van der Waals surface area contributed by atoms with Gasteiger partial charge < -0.3 is 10.3 Å². The van der Waals surface area contributed by atoms with Gasteiger partial charge in [0.05, 0.1) is 47.5 Å². The van der Waals surface area contributed by atoms with Gasteiger partial charge in [0.15, 0.2) is 5.69 Å². The number of carbonyl (C=O) groups excluding carboxylic acids is 1. The summed E-state index contributed by atoms with van der Waals surface area (Å²) < 4.78 is 43.6. The number of halogens is 4. The zero-order valence-corrected chi connectivity index (χ0v) is 26.9. The zero-order chi connectivity index (χ0) is 35.2. The zero-order valence-electron chi connectivity index (χ0n) is 26.1. The molecule has 7 rings (SSSR count). The molecule has 254 valence electrons. The minimum absolute atomic E-state index is 0.152. The largest absolute Gasteiger partial charge is 0.436 e. The highest BCUT2D eigenvalue weighted by Gasteiger charge is 2.35. The van der Waals surface area contributed by atoms with Gasteiger partial charge in [0.2, 0.25) is 5.91 Å². The van der Waals surface area contributed by atoms with Crippen molar-refractivity contribution in [2.24, 2.45) is 5.92 Å². The number of nitrogens with one attached hydrogen (secondary N) is 2. The summed E-state index contributed by atoms with van der Waals surface area (Å²) in [6, 6.07) is 11.8. The molecular weight excluding hydrogens is 677 g/mol. The number of aromatic amines is 1. The standard InChI is InChI=1S/C33H26ClF3N10O3/c1-18-4-2-5-26(23-12-19(9-11-38-23)30-24(41-31(18)49)15-46(43-30)27-6-3-10-39-32(27)50)45-17-40-22(14-29(45)48)21-13-20(34)7-8-25(21)47-16-28(42-44-47)33(35,36)37/h3,6-18,26H,2,4-5H2,1H3,(H,39,50)(H,41,49). The first-order chi connectivity index (χ1) is 24.0. The average Bonchev–Trinajstić information content (AvgIpc) is 3.75. The van der Waals surface area contributed by atoms with Crippen molar-refractivity contribution in [2.45, 2.75) is 38.4 Å². The van der Waals surface area contributed by atoms with Gasteiger partial charge in [-0.2, -0.15) is 18.3 Å². The normalized spacial score (nSPS) is 16.6. The van der Waals surface area contributed by atoms with Crippen LogP contribution in [-0.2, 0) is 11.0 Å². The third-order valence-corrected chi connectivity index (χ3v) is 8.65. The Hall–Kier alpha value is -5.90. The Bertz CT molecular complexity index is 2360. The number of aromatic nitrogens is 9. The van der Waals surface area contributed by atoms with E-state index in [0.29, 0.717) is 41.9 Å². The van der Waals surface area contributed by atoms with Gasteiger partial charge in [0.1, 0.15) is 11.4 Å². The Morgan fingerprint density at radius 2 is 1.80 bits per heavy atom. The molecule has 0 radical (unpaired) electrons. The van der Waals surface area contributed by atoms with E-state index in [0.717, 1.165) is 10.9 Å². The van der Waals surface area contributed by atoms with E-state index in [1.165, 1.54) is 46.0 Å². The van der Waals surface area contributed by atoms with Crippen LogP contribution in [0.15, 0.2) is 89.2 Å².